The summed E-state index contributed by atoms with van der Waals surface area (Å²) in [7, 11) is 0. The molecule has 2 atom stereocenters. The van der Waals surface area contributed by atoms with Crippen LogP contribution in [0, 0.1) is 0 Å². The molecule has 29 heavy (non-hydrogen) atoms. The van der Waals surface area contributed by atoms with Crippen LogP contribution in [0.2, 0.25) is 5.02 Å². The Labute approximate surface area is 174 Å². The van der Waals surface area contributed by atoms with E-state index in [9.17, 15) is 14.4 Å². The lowest BCUT2D eigenvalue weighted by Gasteiger charge is -2.33. The first-order chi connectivity index (χ1) is 13.9. The topological polar surface area (TPSA) is 78.5 Å². The van der Waals surface area contributed by atoms with Gasteiger partial charge in [-0.3, -0.25) is 14.5 Å². The molecule has 6 nitrogen and oxygen atoms in total. The molecule has 1 saturated heterocycles. The number of hydrogen-bond donors (Lipinski definition) is 2. The smallest absolute Gasteiger partial charge is 0.325 e. The number of halogens is 1. The largest absolute Gasteiger partial charge is 0.348 e. The Morgan fingerprint density at radius 1 is 1.24 bits per heavy atom. The summed E-state index contributed by atoms with van der Waals surface area (Å²) in [5.41, 5.74) is 1.68. The predicted molar refractivity (Wildman–Crippen MR) is 109 cm³/mol. The van der Waals surface area contributed by atoms with Gasteiger partial charge in [0.25, 0.3) is 5.91 Å². The Morgan fingerprint density at radius 3 is 2.83 bits per heavy atom. The molecule has 1 aliphatic carbocycles. The lowest BCUT2D eigenvalue weighted by Crippen LogP contribution is -2.47. The highest BCUT2D eigenvalue weighted by Gasteiger charge is 2.54. The molecule has 0 unspecified atom stereocenters. The van der Waals surface area contributed by atoms with E-state index in [2.05, 4.69) is 10.6 Å². The van der Waals surface area contributed by atoms with Gasteiger partial charge in [0.05, 0.1) is 6.04 Å². The average molecular weight is 412 g/mol. The molecule has 1 fully saturated rings. The SMILES string of the molecule is C[C@@H](NC(=O)CN1C(=O)N[C@@]2(CCCc3ccccc32)C1=O)c1cccc(Cl)c1. The van der Waals surface area contributed by atoms with Gasteiger partial charge >= 0.3 is 6.03 Å². The maximum absolute atomic E-state index is 13.2. The summed E-state index contributed by atoms with van der Waals surface area (Å²) < 4.78 is 0. The van der Waals surface area contributed by atoms with E-state index in [-0.39, 0.29) is 18.5 Å². The van der Waals surface area contributed by atoms with Gasteiger partial charge in [0.15, 0.2) is 0 Å². The molecule has 7 heteroatoms. The average Bonchev–Trinajstić information content (AvgIpc) is 2.93. The van der Waals surface area contributed by atoms with Crippen molar-refractivity contribution in [2.75, 3.05) is 6.54 Å². The Kier molecular flexibility index (Phi) is 5.04. The standard InChI is InChI=1S/C22H22ClN3O3/c1-14(16-7-4-9-17(23)12-16)24-19(27)13-26-20(28)22(25-21(26)29)11-5-8-15-6-2-3-10-18(15)22/h2-4,6-7,9-10,12,14H,5,8,11,13H2,1H3,(H,24,27)(H,25,29)/t14-,22-/m1/s1. The van der Waals surface area contributed by atoms with E-state index in [4.69, 9.17) is 11.6 Å². The van der Waals surface area contributed by atoms with Crippen molar-refractivity contribution in [3.63, 3.8) is 0 Å². The van der Waals surface area contributed by atoms with Crippen LogP contribution >= 0.6 is 11.6 Å². The van der Waals surface area contributed by atoms with E-state index in [1.54, 1.807) is 12.1 Å². The first-order valence-electron chi connectivity index (χ1n) is 9.68. The quantitative estimate of drug-likeness (QED) is 0.757. The lowest BCUT2D eigenvalue weighted by atomic mass is 9.76. The van der Waals surface area contributed by atoms with Gasteiger partial charge in [0.1, 0.15) is 12.1 Å². The van der Waals surface area contributed by atoms with Gasteiger partial charge in [-0.25, -0.2) is 4.79 Å². The number of amides is 4. The number of hydrogen-bond acceptors (Lipinski definition) is 3. The molecule has 1 spiro atoms. The van der Waals surface area contributed by atoms with Gasteiger partial charge in [0, 0.05) is 5.02 Å². The third kappa shape index (κ3) is 3.49. The molecule has 4 rings (SSSR count). The molecular weight excluding hydrogens is 390 g/mol. The van der Waals surface area contributed by atoms with E-state index in [0.29, 0.717) is 11.4 Å². The number of benzene rings is 2. The number of nitrogens with one attached hydrogen (secondary N) is 2. The van der Waals surface area contributed by atoms with Gasteiger partial charge in [-0.2, -0.15) is 0 Å². The molecule has 0 saturated carbocycles. The third-order valence-corrected chi connectivity index (χ3v) is 5.91. The van der Waals surface area contributed by atoms with Gasteiger partial charge in [-0.15, -0.1) is 0 Å². The van der Waals surface area contributed by atoms with Crippen LogP contribution in [-0.2, 0) is 21.5 Å². The van der Waals surface area contributed by atoms with Crippen molar-refractivity contribution < 1.29 is 14.4 Å². The van der Waals surface area contributed by atoms with Crippen molar-refractivity contribution >= 4 is 29.4 Å². The van der Waals surface area contributed by atoms with Crippen molar-refractivity contribution in [2.24, 2.45) is 0 Å². The van der Waals surface area contributed by atoms with Crippen LogP contribution in [0.4, 0.5) is 4.79 Å². The summed E-state index contributed by atoms with van der Waals surface area (Å²) in [6, 6.07) is 14.0. The maximum atomic E-state index is 13.2. The fraction of sp³-hybridized carbons (Fsp3) is 0.318. The summed E-state index contributed by atoms with van der Waals surface area (Å²) in [6.45, 7) is 1.51. The van der Waals surface area contributed by atoms with E-state index in [1.807, 2.05) is 43.3 Å². The van der Waals surface area contributed by atoms with Gasteiger partial charge in [-0.05, 0) is 55.0 Å². The molecule has 2 aliphatic rings. The number of nitrogens with zero attached hydrogens (tertiary/aromatic N) is 1. The monoisotopic (exact) mass is 411 g/mol. The van der Waals surface area contributed by atoms with Crippen LogP contribution in [0.1, 0.15) is 42.5 Å². The molecule has 2 N–H and O–H groups in total. The van der Waals surface area contributed by atoms with E-state index in [0.717, 1.165) is 34.4 Å². The molecule has 2 aromatic carbocycles. The molecule has 0 radical (unpaired) electrons. The Bertz CT molecular complexity index is 993. The van der Waals surface area contributed by atoms with Crippen LogP contribution in [0.5, 0.6) is 0 Å². The highest BCUT2D eigenvalue weighted by atomic mass is 35.5. The molecule has 1 aliphatic heterocycles. The second-order valence-corrected chi connectivity index (χ2v) is 8.02. The van der Waals surface area contributed by atoms with Gasteiger partial charge < -0.3 is 10.6 Å². The highest BCUT2D eigenvalue weighted by molar-refractivity contribution is 6.30. The molecule has 0 aromatic heterocycles. The number of rotatable bonds is 4. The molecular formula is C22H22ClN3O3. The normalized spacial score (nSPS) is 21.7. The lowest BCUT2D eigenvalue weighted by molar-refractivity contribution is -0.135. The second-order valence-electron chi connectivity index (χ2n) is 7.58. The van der Waals surface area contributed by atoms with Crippen molar-refractivity contribution in [2.45, 2.75) is 37.8 Å². The second kappa shape index (κ2) is 7.52. The van der Waals surface area contributed by atoms with E-state index in [1.165, 1.54) is 0 Å². The van der Waals surface area contributed by atoms with Crippen LogP contribution in [0.3, 0.4) is 0 Å². The fourth-order valence-electron chi connectivity index (χ4n) is 4.25. The molecule has 150 valence electrons. The van der Waals surface area contributed by atoms with Crippen LogP contribution in [0.25, 0.3) is 0 Å². The zero-order valence-corrected chi connectivity index (χ0v) is 16.8. The Hall–Kier alpha value is -2.86. The summed E-state index contributed by atoms with van der Waals surface area (Å²) in [4.78, 5) is 39.4. The van der Waals surface area contributed by atoms with Crippen molar-refractivity contribution in [3.05, 3.63) is 70.2 Å². The first kappa shape index (κ1) is 19.5. The van der Waals surface area contributed by atoms with Gasteiger partial charge in [0.2, 0.25) is 5.91 Å². The summed E-state index contributed by atoms with van der Waals surface area (Å²) in [5.74, 6) is -0.762. The number of carbonyl (C=O) groups excluding carboxylic acids is 3. The minimum Gasteiger partial charge on any atom is -0.348 e. The maximum Gasteiger partial charge on any atom is 0.325 e. The first-order valence-corrected chi connectivity index (χ1v) is 10.1. The summed E-state index contributed by atoms with van der Waals surface area (Å²) >= 11 is 6.01. The van der Waals surface area contributed by atoms with Crippen LogP contribution in [0.15, 0.2) is 48.5 Å². The van der Waals surface area contributed by atoms with Crippen molar-refractivity contribution in [3.8, 4) is 0 Å². The third-order valence-electron chi connectivity index (χ3n) is 5.68. The number of fused-ring (bicyclic) bond motifs is 2. The van der Waals surface area contributed by atoms with Crippen molar-refractivity contribution in [1.82, 2.24) is 15.5 Å². The molecule has 4 amide bonds. The number of aryl methyl sites for hydroxylation is 1. The molecule has 2 aromatic rings. The van der Waals surface area contributed by atoms with Crippen LogP contribution < -0.4 is 10.6 Å². The minimum absolute atomic E-state index is 0.300. The van der Waals surface area contributed by atoms with Gasteiger partial charge in [-0.1, -0.05) is 48.0 Å². The van der Waals surface area contributed by atoms with E-state index >= 15 is 0 Å². The van der Waals surface area contributed by atoms with Crippen molar-refractivity contribution in [1.29, 1.82) is 0 Å². The Balaban J connectivity index is 1.50. The summed E-state index contributed by atoms with van der Waals surface area (Å²) in [5, 5.41) is 6.27. The molecule has 0 bridgehead atoms. The fourth-order valence-corrected chi connectivity index (χ4v) is 4.44. The minimum atomic E-state index is -1.06. The number of imide groups is 1. The zero-order chi connectivity index (χ0) is 20.6. The van der Waals surface area contributed by atoms with E-state index < -0.39 is 17.5 Å². The number of carbonyl (C=O) groups is 3. The highest BCUT2D eigenvalue weighted by Crippen LogP contribution is 2.39. The molecule has 1 heterocycles. The summed E-state index contributed by atoms with van der Waals surface area (Å²) in [6.07, 6.45) is 2.21. The van der Waals surface area contributed by atoms with Crippen LogP contribution in [-0.4, -0.2) is 29.3 Å². The zero-order valence-electron chi connectivity index (χ0n) is 16.1. The predicted octanol–water partition coefficient (Wildman–Crippen LogP) is 3.30. The Morgan fingerprint density at radius 2 is 2.03 bits per heavy atom. The number of urea groups is 1.